The molecule has 0 bridgehead atoms. The molecule has 0 aliphatic rings. The second-order valence-corrected chi connectivity index (χ2v) is 11.3. The highest BCUT2D eigenvalue weighted by atomic mass is 32.2. The quantitative estimate of drug-likeness (QED) is 0.391. The number of H-pyrrole nitrogens is 1. The van der Waals surface area contributed by atoms with Gasteiger partial charge in [0.25, 0.3) is 11.5 Å². The number of hydrogen-bond acceptors (Lipinski definition) is 6. The van der Waals surface area contributed by atoms with Gasteiger partial charge in [0.2, 0.25) is 10.0 Å². The average molecular weight is 545 g/mol. The molecular formula is C26H29FN4O6S. The Morgan fingerprint density at radius 2 is 1.82 bits per heavy atom. The molecule has 0 unspecified atom stereocenters. The highest BCUT2D eigenvalue weighted by Gasteiger charge is 2.26. The van der Waals surface area contributed by atoms with Gasteiger partial charge in [-0.15, -0.1) is 0 Å². The van der Waals surface area contributed by atoms with E-state index in [2.05, 4.69) is 15.0 Å². The number of methoxy groups -OCH3 is 1. The van der Waals surface area contributed by atoms with Crippen LogP contribution < -0.4 is 26.0 Å². The van der Waals surface area contributed by atoms with E-state index in [1.807, 2.05) is 20.8 Å². The van der Waals surface area contributed by atoms with Gasteiger partial charge in [-0.1, -0.05) is 32.9 Å². The van der Waals surface area contributed by atoms with E-state index in [-0.39, 0.29) is 28.3 Å². The molecule has 0 aliphatic carbocycles. The molecule has 1 heterocycles. The molecule has 12 heteroatoms. The maximum Gasteiger partial charge on any atom is 0.333 e. The molecule has 3 N–H and O–H groups in total. The predicted molar refractivity (Wildman–Crippen MR) is 145 cm³/mol. The maximum absolute atomic E-state index is 16.0. The third kappa shape index (κ3) is 6.20. The molecule has 202 valence electrons. The fourth-order valence-corrected chi connectivity index (χ4v) is 4.40. The van der Waals surface area contributed by atoms with Crippen LogP contribution in [0, 0.1) is 5.82 Å². The molecular weight excluding hydrogens is 515 g/mol. The lowest BCUT2D eigenvalue weighted by atomic mass is 9.84. The lowest BCUT2D eigenvalue weighted by Gasteiger charge is -2.25. The van der Waals surface area contributed by atoms with Crippen molar-refractivity contribution >= 4 is 33.8 Å². The molecule has 0 saturated carbocycles. The minimum atomic E-state index is -3.58. The summed E-state index contributed by atoms with van der Waals surface area (Å²) < 4.78 is 48.2. The van der Waals surface area contributed by atoms with Gasteiger partial charge in [0.1, 0.15) is 5.75 Å². The molecule has 0 saturated heterocycles. The van der Waals surface area contributed by atoms with Gasteiger partial charge >= 0.3 is 5.69 Å². The van der Waals surface area contributed by atoms with Gasteiger partial charge in [0.15, 0.2) is 5.82 Å². The maximum atomic E-state index is 16.0. The largest absolute Gasteiger partial charge is 0.496 e. The number of aromatic nitrogens is 2. The van der Waals surface area contributed by atoms with E-state index < -0.39 is 38.4 Å². The number of benzene rings is 2. The van der Waals surface area contributed by atoms with Crippen LogP contribution in [0.4, 0.5) is 10.1 Å². The van der Waals surface area contributed by atoms with Gasteiger partial charge in [-0.05, 0) is 35.3 Å². The summed E-state index contributed by atoms with van der Waals surface area (Å²) in [5.74, 6) is -1.06. The minimum absolute atomic E-state index is 0.00854. The molecule has 1 aromatic heterocycles. The summed E-state index contributed by atoms with van der Waals surface area (Å²) in [7, 11) is -0.757. The zero-order valence-electron chi connectivity index (χ0n) is 21.8. The number of hydrogen-bond donors (Lipinski definition) is 3. The highest BCUT2D eigenvalue weighted by molar-refractivity contribution is 7.92. The first-order valence-electron chi connectivity index (χ1n) is 11.4. The summed E-state index contributed by atoms with van der Waals surface area (Å²) in [5, 5.41) is 2.50. The van der Waals surface area contributed by atoms with Crippen molar-refractivity contribution in [3.8, 4) is 11.4 Å². The number of nitrogens with one attached hydrogen (secondary N) is 3. The van der Waals surface area contributed by atoms with Crippen molar-refractivity contribution in [1.29, 1.82) is 0 Å². The topological polar surface area (TPSA) is 139 Å². The summed E-state index contributed by atoms with van der Waals surface area (Å²) in [5.41, 5.74) is -0.775. The van der Waals surface area contributed by atoms with E-state index in [1.165, 1.54) is 56.8 Å². The average Bonchev–Trinajstić information content (AvgIpc) is 2.81. The number of nitrogens with zero attached hydrogens (tertiary/aromatic N) is 1. The number of halogens is 1. The number of sulfonamides is 1. The van der Waals surface area contributed by atoms with Crippen molar-refractivity contribution in [1.82, 2.24) is 14.9 Å². The Morgan fingerprint density at radius 3 is 2.37 bits per heavy atom. The van der Waals surface area contributed by atoms with E-state index in [9.17, 15) is 22.8 Å². The van der Waals surface area contributed by atoms with Crippen LogP contribution in [-0.4, -0.2) is 44.3 Å². The van der Waals surface area contributed by atoms with Gasteiger partial charge in [0, 0.05) is 36.1 Å². The molecule has 2 aromatic carbocycles. The molecule has 0 atom stereocenters. The number of rotatable bonds is 7. The Bertz CT molecular complexity index is 1650. The van der Waals surface area contributed by atoms with Crippen molar-refractivity contribution in [2.75, 3.05) is 25.1 Å². The Kier molecular flexibility index (Phi) is 7.96. The molecule has 38 heavy (non-hydrogen) atoms. The SMILES string of the molecule is CNC(=O)c1cc(NS(C)(=O)=O)ccc1/C=C/c1c(F)c(-n2ccc(=O)[nH]c2=O)cc(C(C)(C)C)c1OC. The van der Waals surface area contributed by atoms with Gasteiger partial charge in [-0.2, -0.15) is 0 Å². The fourth-order valence-electron chi connectivity index (χ4n) is 3.84. The summed E-state index contributed by atoms with van der Waals surface area (Å²) in [6.45, 7) is 5.69. The highest BCUT2D eigenvalue weighted by Crippen LogP contribution is 2.39. The Hall–Kier alpha value is -4.19. The summed E-state index contributed by atoms with van der Waals surface area (Å²) in [6.07, 6.45) is 5.07. The number of amides is 1. The molecule has 1 amide bonds. The van der Waals surface area contributed by atoms with Crippen molar-refractivity contribution in [2.24, 2.45) is 0 Å². The molecule has 0 fully saturated rings. The molecule has 10 nitrogen and oxygen atoms in total. The van der Waals surface area contributed by atoms with Crippen LogP contribution in [0.25, 0.3) is 17.8 Å². The summed E-state index contributed by atoms with van der Waals surface area (Å²) >= 11 is 0. The second-order valence-electron chi connectivity index (χ2n) is 9.52. The monoisotopic (exact) mass is 544 g/mol. The van der Waals surface area contributed by atoms with E-state index in [1.54, 1.807) is 0 Å². The number of aromatic amines is 1. The van der Waals surface area contributed by atoms with Crippen molar-refractivity contribution < 1.29 is 22.3 Å². The van der Waals surface area contributed by atoms with Crippen LogP contribution in [0.2, 0.25) is 0 Å². The number of ether oxygens (including phenoxy) is 1. The normalized spacial score (nSPS) is 12.0. The predicted octanol–water partition coefficient (Wildman–Crippen LogP) is 2.87. The summed E-state index contributed by atoms with van der Waals surface area (Å²) in [6, 6.07) is 6.95. The third-order valence-electron chi connectivity index (χ3n) is 5.59. The van der Waals surface area contributed by atoms with Gasteiger partial charge in [-0.25, -0.2) is 17.6 Å². The van der Waals surface area contributed by atoms with Crippen molar-refractivity contribution in [3.05, 3.63) is 85.4 Å². The van der Waals surface area contributed by atoms with Gasteiger partial charge in [-0.3, -0.25) is 23.9 Å². The molecule has 3 rings (SSSR count). The Morgan fingerprint density at radius 1 is 1.13 bits per heavy atom. The summed E-state index contributed by atoms with van der Waals surface area (Å²) in [4.78, 5) is 38.7. The second kappa shape index (κ2) is 10.7. The number of anilines is 1. The van der Waals surface area contributed by atoms with Gasteiger partial charge in [0.05, 0.1) is 24.6 Å². The van der Waals surface area contributed by atoms with Crippen molar-refractivity contribution in [3.63, 3.8) is 0 Å². The smallest absolute Gasteiger partial charge is 0.333 e. The van der Waals surface area contributed by atoms with Crippen LogP contribution in [-0.2, 0) is 15.4 Å². The standard InChI is InChI=1S/C26H29FN4O6S/c1-26(2,3)19-14-20(31-12-11-21(32)29-25(31)34)22(27)17(23(19)37-5)10-8-15-7-9-16(30-38(6,35)36)13-18(15)24(33)28-4/h7-14,30H,1-6H3,(H,28,33)(H,29,32,34)/b10-8+. The minimum Gasteiger partial charge on any atom is -0.496 e. The third-order valence-corrected chi connectivity index (χ3v) is 6.19. The molecule has 3 aromatic rings. The van der Waals surface area contributed by atoms with E-state index in [4.69, 9.17) is 4.74 Å². The van der Waals surface area contributed by atoms with Crippen LogP contribution in [0.3, 0.4) is 0 Å². The lowest BCUT2D eigenvalue weighted by molar-refractivity contribution is 0.0963. The van der Waals surface area contributed by atoms with Crippen LogP contribution >= 0.6 is 0 Å². The van der Waals surface area contributed by atoms with Crippen molar-refractivity contribution in [2.45, 2.75) is 26.2 Å². The fraction of sp³-hybridized carbons (Fsp3) is 0.269. The molecule has 0 radical (unpaired) electrons. The van der Waals surface area contributed by atoms with Crippen LogP contribution in [0.1, 0.15) is 47.8 Å². The lowest BCUT2D eigenvalue weighted by Crippen LogP contribution is -2.28. The van der Waals surface area contributed by atoms with Crippen LogP contribution in [0.15, 0.2) is 46.1 Å². The zero-order valence-corrected chi connectivity index (χ0v) is 22.6. The Balaban J connectivity index is 2.28. The zero-order chi connectivity index (χ0) is 28.4. The Labute approximate surface area is 219 Å². The molecule has 0 aliphatic heterocycles. The number of carbonyl (C=O) groups is 1. The molecule has 0 spiro atoms. The van der Waals surface area contributed by atoms with E-state index in [0.717, 1.165) is 16.9 Å². The number of carbonyl (C=O) groups excluding carboxylic acids is 1. The first kappa shape index (κ1) is 28.4. The van der Waals surface area contributed by atoms with Gasteiger partial charge < -0.3 is 10.1 Å². The first-order chi connectivity index (χ1) is 17.7. The van der Waals surface area contributed by atoms with E-state index in [0.29, 0.717) is 11.1 Å². The van der Waals surface area contributed by atoms with E-state index >= 15 is 4.39 Å². The first-order valence-corrected chi connectivity index (χ1v) is 13.3. The van der Waals surface area contributed by atoms with Crippen LogP contribution in [0.5, 0.6) is 5.75 Å².